The molecule has 0 bridgehead atoms. The van der Waals surface area contributed by atoms with E-state index in [9.17, 15) is 14.0 Å². The van der Waals surface area contributed by atoms with Gasteiger partial charge in [-0.3, -0.25) is 14.6 Å². The number of aromatic nitrogens is 1. The molecule has 0 radical (unpaired) electrons. The van der Waals surface area contributed by atoms with Gasteiger partial charge in [-0.25, -0.2) is 4.39 Å². The lowest BCUT2D eigenvalue weighted by Crippen LogP contribution is -2.50. The number of pyridine rings is 1. The molecule has 0 fully saturated rings. The van der Waals surface area contributed by atoms with Crippen LogP contribution in [0.4, 0.5) is 4.39 Å². The highest BCUT2D eigenvalue weighted by Gasteiger charge is 2.29. The van der Waals surface area contributed by atoms with E-state index in [2.05, 4.69) is 10.3 Å². The van der Waals surface area contributed by atoms with Gasteiger partial charge in [-0.1, -0.05) is 49.4 Å². The number of carbonyl (C=O) groups excluding carboxylic acids is 2. The fraction of sp³-hybridized carbons (Fsp3) is 0.240. The summed E-state index contributed by atoms with van der Waals surface area (Å²) in [6.45, 7) is 2.35. The third-order valence-corrected chi connectivity index (χ3v) is 5.06. The second-order valence-electron chi connectivity index (χ2n) is 7.28. The standard InChI is InChI=1S/C25H26FN3O2/c1-2-24(30)29(18-21-8-10-22(26)11-9-21)23(16-19-6-4-3-5-7-19)25(31)28-17-20-12-14-27-15-13-20/h3-15,23H,2,16-18H2,1H3,(H,28,31). The number of nitrogens with zero attached hydrogens (tertiary/aromatic N) is 2. The van der Waals surface area contributed by atoms with Crippen LogP contribution in [-0.2, 0) is 29.1 Å². The third-order valence-electron chi connectivity index (χ3n) is 5.06. The molecular weight excluding hydrogens is 393 g/mol. The Hall–Kier alpha value is -3.54. The molecule has 1 heterocycles. The monoisotopic (exact) mass is 419 g/mol. The summed E-state index contributed by atoms with van der Waals surface area (Å²) in [7, 11) is 0. The first-order chi connectivity index (χ1) is 15.1. The van der Waals surface area contributed by atoms with Gasteiger partial charge in [0.1, 0.15) is 11.9 Å². The molecule has 31 heavy (non-hydrogen) atoms. The van der Waals surface area contributed by atoms with Gasteiger partial charge in [0.15, 0.2) is 0 Å². The predicted octanol–water partition coefficient (Wildman–Crippen LogP) is 3.89. The molecule has 5 nitrogen and oxygen atoms in total. The average Bonchev–Trinajstić information content (AvgIpc) is 2.82. The van der Waals surface area contributed by atoms with Crippen LogP contribution in [0.5, 0.6) is 0 Å². The summed E-state index contributed by atoms with van der Waals surface area (Å²) >= 11 is 0. The average molecular weight is 420 g/mol. The summed E-state index contributed by atoms with van der Waals surface area (Å²) in [4.78, 5) is 31.7. The molecule has 6 heteroatoms. The van der Waals surface area contributed by atoms with Crippen molar-refractivity contribution in [2.24, 2.45) is 0 Å². The number of benzene rings is 2. The maximum absolute atomic E-state index is 13.3. The van der Waals surface area contributed by atoms with Gasteiger partial charge in [-0.15, -0.1) is 0 Å². The summed E-state index contributed by atoms with van der Waals surface area (Å²) in [6.07, 6.45) is 3.99. The van der Waals surface area contributed by atoms with Gasteiger partial charge in [0.05, 0.1) is 0 Å². The Bertz CT molecular complexity index is 979. The van der Waals surface area contributed by atoms with Crippen LogP contribution in [-0.4, -0.2) is 27.7 Å². The van der Waals surface area contributed by atoms with Gasteiger partial charge >= 0.3 is 0 Å². The van der Waals surface area contributed by atoms with E-state index in [0.29, 0.717) is 13.0 Å². The SMILES string of the molecule is CCC(=O)N(Cc1ccc(F)cc1)C(Cc1ccccc1)C(=O)NCc1ccncc1. The second kappa shape index (κ2) is 11.0. The molecule has 2 aromatic carbocycles. The first kappa shape index (κ1) is 22.2. The van der Waals surface area contributed by atoms with E-state index < -0.39 is 6.04 Å². The molecule has 1 unspecified atom stereocenters. The molecule has 3 aromatic rings. The topological polar surface area (TPSA) is 62.3 Å². The van der Waals surface area contributed by atoms with E-state index >= 15 is 0 Å². The molecule has 1 atom stereocenters. The zero-order valence-corrected chi connectivity index (χ0v) is 17.5. The molecule has 0 spiro atoms. The first-order valence-electron chi connectivity index (χ1n) is 10.3. The van der Waals surface area contributed by atoms with E-state index in [4.69, 9.17) is 0 Å². The van der Waals surface area contributed by atoms with Crippen LogP contribution in [0.15, 0.2) is 79.1 Å². The summed E-state index contributed by atoms with van der Waals surface area (Å²) < 4.78 is 13.3. The van der Waals surface area contributed by atoms with Gasteiger partial charge < -0.3 is 10.2 Å². The van der Waals surface area contributed by atoms with Gasteiger partial charge in [0.2, 0.25) is 11.8 Å². The van der Waals surface area contributed by atoms with E-state index in [1.807, 2.05) is 42.5 Å². The molecule has 0 aliphatic rings. The Balaban J connectivity index is 1.85. The lowest BCUT2D eigenvalue weighted by Gasteiger charge is -2.31. The molecule has 0 saturated heterocycles. The van der Waals surface area contributed by atoms with Crippen molar-refractivity contribution >= 4 is 11.8 Å². The van der Waals surface area contributed by atoms with E-state index in [0.717, 1.165) is 16.7 Å². The lowest BCUT2D eigenvalue weighted by molar-refractivity contribution is -0.141. The fourth-order valence-corrected chi connectivity index (χ4v) is 3.35. The molecule has 0 aliphatic heterocycles. The van der Waals surface area contributed by atoms with Crippen LogP contribution >= 0.6 is 0 Å². The van der Waals surface area contributed by atoms with Crippen LogP contribution in [0.3, 0.4) is 0 Å². The summed E-state index contributed by atoms with van der Waals surface area (Å²) in [5, 5.41) is 2.95. The zero-order valence-electron chi connectivity index (χ0n) is 17.5. The Morgan fingerprint density at radius 3 is 2.26 bits per heavy atom. The predicted molar refractivity (Wildman–Crippen MR) is 117 cm³/mol. The van der Waals surface area contributed by atoms with Crippen LogP contribution < -0.4 is 5.32 Å². The van der Waals surface area contributed by atoms with Crippen molar-refractivity contribution in [3.63, 3.8) is 0 Å². The zero-order chi connectivity index (χ0) is 22.1. The minimum absolute atomic E-state index is 0.135. The van der Waals surface area contributed by atoms with Crippen LogP contribution in [0.1, 0.15) is 30.0 Å². The molecular formula is C25H26FN3O2. The van der Waals surface area contributed by atoms with Crippen molar-refractivity contribution in [3.8, 4) is 0 Å². The van der Waals surface area contributed by atoms with E-state index in [1.54, 1.807) is 36.4 Å². The maximum Gasteiger partial charge on any atom is 0.243 e. The maximum atomic E-state index is 13.3. The molecule has 0 aliphatic carbocycles. The number of amides is 2. The van der Waals surface area contributed by atoms with Gasteiger partial charge in [0.25, 0.3) is 0 Å². The van der Waals surface area contributed by atoms with Crippen molar-refractivity contribution in [2.45, 2.75) is 38.9 Å². The number of rotatable bonds is 9. The largest absolute Gasteiger partial charge is 0.350 e. The number of hydrogen-bond acceptors (Lipinski definition) is 3. The minimum Gasteiger partial charge on any atom is -0.350 e. The summed E-state index contributed by atoms with van der Waals surface area (Å²) in [5.74, 6) is -0.707. The van der Waals surface area contributed by atoms with E-state index in [-0.39, 0.29) is 30.6 Å². The highest BCUT2D eigenvalue weighted by molar-refractivity contribution is 5.87. The van der Waals surface area contributed by atoms with Crippen LogP contribution in [0.2, 0.25) is 0 Å². The van der Waals surface area contributed by atoms with Crippen molar-refractivity contribution in [1.82, 2.24) is 15.2 Å². The van der Waals surface area contributed by atoms with Crippen molar-refractivity contribution in [2.75, 3.05) is 0 Å². The Kier molecular flexibility index (Phi) is 7.87. The van der Waals surface area contributed by atoms with Gasteiger partial charge in [-0.05, 0) is 41.0 Å². The normalized spacial score (nSPS) is 11.5. The quantitative estimate of drug-likeness (QED) is 0.572. The number of hydrogen-bond donors (Lipinski definition) is 1. The highest BCUT2D eigenvalue weighted by atomic mass is 19.1. The molecule has 3 rings (SSSR count). The second-order valence-corrected chi connectivity index (χ2v) is 7.28. The van der Waals surface area contributed by atoms with E-state index in [1.165, 1.54) is 12.1 Å². The Labute approximate surface area is 181 Å². The minimum atomic E-state index is -0.693. The number of carbonyl (C=O) groups is 2. The van der Waals surface area contributed by atoms with Gasteiger partial charge in [0, 0.05) is 38.3 Å². The molecule has 160 valence electrons. The molecule has 0 saturated carbocycles. The smallest absolute Gasteiger partial charge is 0.243 e. The Morgan fingerprint density at radius 1 is 0.935 bits per heavy atom. The van der Waals surface area contributed by atoms with Crippen molar-refractivity contribution in [1.29, 1.82) is 0 Å². The number of halogens is 1. The first-order valence-corrected chi connectivity index (χ1v) is 10.3. The van der Waals surface area contributed by atoms with Crippen molar-refractivity contribution < 1.29 is 14.0 Å². The third kappa shape index (κ3) is 6.47. The Morgan fingerprint density at radius 2 is 1.61 bits per heavy atom. The molecule has 2 amide bonds. The van der Waals surface area contributed by atoms with Crippen LogP contribution in [0.25, 0.3) is 0 Å². The number of nitrogens with one attached hydrogen (secondary N) is 1. The summed E-state index contributed by atoms with van der Waals surface area (Å²) in [6, 6.07) is 18.6. The highest BCUT2D eigenvalue weighted by Crippen LogP contribution is 2.16. The fourth-order valence-electron chi connectivity index (χ4n) is 3.35. The molecule has 1 N–H and O–H groups in total. The summed E-state index contributed by atoms with van der Waals surface area (Å²) in [5.41, 5.74) is 2.65. The van der Waals surface area contributed by atoms with Crippen LogP contribution in [0, 0.1) is 5.82 Å². The molecule has 1 aromatic heterocycles. The van der Waals surface area contributed by atoms with Gasteiger partial charge in [-0.2, -0.15) is 0 Å². The lowest BCUT2D eigenvalue weighted by atomic mass is 10.0. The van der Waals surface area contributed by atoms with Crippen molar-refractivity contribution in [3.05, 3.63) is 102 Å².